The zero-order valence-corrected chi connectivity index (χ0v) is 17.3. The first-order valence-electron chi connectivity index (χ1n) is 10.5. The molecule has 1 fully saturated rings. The molecule has 29 heavy (non-hydrogen) atoms. The predicted octanol–water partition coefficient (Wildman–Crippen LogP) is 1.91. The molecular formula is C21H28N8. The summed E-state index contributed by atoms with van der Waals surface area (Å²) < 4.78 is 3.91. The molecule has 1 aliphatic heterocycles. The molecule has 0 amide bonds. The van der Waals surface area contributed by atoms with E-state index in [0.717, 1.165) is 56.6 Å². The number of rotatable bonds is 4. The van der Waals surface area contributed by atoms with Crippen molar-refractivity contribution in [3.05, 3.63) is 47.3 Å². The Bertz CT molecular complexity index is 983. The SMILES string of the molecule is Cc1nc(N2CCN(Cc3c4c(nn3C)CCCC4)CC2)cc(-n2cccn2)n1. The van der Waals surface area contributed by atoms with E-state index in [9.17, 15) is 0 Å². The topological polar surface area (TPSA) is 67.9 Å². The van der Waals surface area contributed by atoms with Crippen molar-refractivity contribution in [2.45, 2.75) is 39.2 Å². The lowest BCUT2D eigenvalue weighted by atomic mass is 9.95. The number of aryl methyl sites for hydroxylation is 3. The van der Waals surface area contributed by atoms with E-state index in [1.165, 1.54) is 36.2 Å². The molecule has 5 rings (SSSR count). The Morgan fingerprint density at radius 1 is 1.00 bits per heavy atom. The molecule has 8 heteroatoms. The van der Waals surface area contributed by atoms with Crippen LogP contribution >= 0.6 is 0 Å². The summed E-state index contributed by atoms with van der Waals surface area (Å²) in [7, 11) is 2.10. The van der Waals surface area contributed by atoms with E-state index in [1.807, 2.05) is 25.3 Å². The Morgan fingerprint density at radius 3 is 2.59 bits per heavy atom. The summed E-state index contributed by atoms with van der Waals surface area (Å²) in [4.78, 5) is 14.1. The number of aromatic nitrogens is 6. The van der Waals surface area contributed by atoms with Gasteiger partial charge in [0.15, 0.2) is 5.82 Å². The van der Waals surface area contributed by atoms with Gasteiger partial charge < -0.3 is 4.90 Å². The second kappa shape index (κ2) is 7.59. The average molecular weight is 393 g/mol. The minimum Gasteiger partial charge on any atom is -0.354 e. The molecule has 152 valence electrons. The van der Waals surface area contributed by atoms with Crippen LogP contribution in [0.25, 0.3) is 5.82 Å². The molecule has 0 spiro atoms. The standard InChI is InChI=1S/C21H28N8/c1-16-23-20(14-21(24-16)29-9-5-8-22-29)28-12-10-27(11-13-28)15-19-17-6-3-4-7-18(17)25-26(19)2/h5,8-9,14H,3-4,6-7,10-13,15H2,1-2H3. The summed E-state index contributed by atoms with van der Waals surface area (Å²) in [6.45, 7) is 6.93. The second-order valence-corrected chi connectivity index (χ2v) is 8.05. The van der Waals surface area contributed by atoms with Crippen LogP contribution < -0.4 is 4.90 Å². The normalized spacial score (nSPS) is 17.5. The van der Waals surface area contributed by atoms with Crippen molar-refractivity contribution in [2.75, 3.05) is 31.1 Å². The highest BCUT2D eigenvalue weighted by Gasteiger charge is 2.24. The summed E-state index contributed by atoms with van der Waals surface area (Å²) in [6, 6.07) is 3.94. The molecule has 1 saturated heterocycles. The van der Waals surface area contributed by atoms with Gasteiger partial charge in [0.25, 0.3) is 0 Å². The maximum atomic E-state index is 4.78. The summed E-state index contributed by atoms with van der Waals surface area (Å²) >= 11 is 0. The lowest BCUT2D eigenvalue weighted by molar-refractivity contribution is 0.242. The minimum atomic E-state index is 0.775. The van der Waals surface area contributed by atoms with E-state index in [0.29, 0.717) is 0 Å². The van der Waals surface area contributed by atoms with Crippen molar-refractivity contribution < 1.29 is 0 Å². The first kappa shape index (κ1) is 18.3. The van der Waals surface area contributed by atoms with Crippen LogP contribution in [0.5, 0.6) is 0 Å². The molecule has 0 bridgehead atoms. The third-order valence-corrected chi connectivity index (χ3v) is 6.07. The van der Waals surface area contributed by atoms with Crippen LogP contribution in [0.4, 0.5) is 5.82 Å². The smallest absolute Gasteiger partial charge is 0.159 e. The van der Waals surface area contributed by atoms with Crippen molar-refractivity contribution in [3.8, 4) is 5.82 Å². The van der Waals surface area contributed by atoms with E-state index >= 15 is 0 Å². The van der Waals surface area contributed by atoms with Gasteiger partial charge in [0.2, 0.25) is 0 Å². The molecule has 3 aromatic rings. The largest absolute Gasteiger partial charge is 0.354 e. The van der Waals surface area contributed by atoms with E-state index in [2.05, 4.69) is 36.6 Å². The Hall–Kier alpha value is -2.74. The van der Waals surface area contributed by atoms with Crippen molar-refractivity contribution >= 4 is 5.82 Å². The van der Waals surface area contributed by atoms with Crippen molar-refractivity contribution in [1.82, 2.24) is 34.4 Å². The lowest BCUT2D eigenvalue weighted by Gasteiger charge is -2.35. The van der Waals surface area contributed by atoms with Crippen LogP contribution in [0, 0.1) is 6.92 Å². The lowest BCUT2D eigenvalue weighted by Crippen LogP contribution is -2.46. The van der Waals surface area contributed by atoms with Gasteiger partial charge in [-0.2, -0.15) is 10.2 Å². The van der Waals surface area contributed by atoms with Gasteiger partial charge >= 0.3 is 0 Å². The Labute approximate surface area is 171 Å². The van der Waals surface area contributed by atoms with Crippen LogP contribution in [-0.2, 0) is 26.4 Å². The molecular weight excluding hydrogens is 364 g/mol. The number of fused-ring (bicyclic) bond motifs is 1. The maximum absolute atomic E-state index is 4.78. The van der Waals surface area contributed by atoms with Gasteiger partial charge in [0.05, 0.1) is 11.4 Å². The van der Waals surface area contributed by atoms with Gasteiger partial charge in [0.1, 0.15) is 11.6 Å². The minimum absolute atomic E-state index is 0.775. The monoisotopic (exact) mass is 392 g/mol. The molecule has 3 aromatic heterocycles. The number of piperazine rings is 1. The first-order chi connectivity index (χ1) is 14.2. The number of anilines is 1. The molecule has 2 aliphatic rings. The van der Waals surface area contributed by atoms with Crippen molar-refractivity contribution in [2.24, 2.45) is 7.05 Å². The number of hydrogen-bond donors (Lipinski definition) is 0. The van der Waals surface area contributed by atoms with E-state index in [4.69, 9.17) is 5.10 Å². The Kier molecular flexibility index (Phi) is 4.79. The van der Waals surface area contributed by atoms with Gasteiger partial charge in [-0.1, -0.05) is 0 Å². The Balaban J connectivity index is 1.27. The fourth-order valence-corrected chi connectivity index (χ4v) is 4.51. The van der Waals surface area contributed by atoms with Crippen LogP contribution in [0.15, 0.2) is 24.5 Å². The van der Waals surface area contributed by atoms with Gasteiger partial charge in [-0.05, 0) is 44.2 Å². The highest BCUT2D eigenvalue weighted by Crippen LogP contribution is 2.25. The van der Waals surface area contributed by atoms with Crippen LogP contribution in [0.2, 0.25) is 0 Å². The van der Waals surface area contributed by atoms with E-state index < -0.39 is 0 Å². The fourth-order valence-electron chi connectivity index (χ4n) is 4.51. The molecule has 0 N–H and O–H groups in total. The quantitative estimate of drug-likeness (QED) is 0.676. The molecule has 0 aromatic carbocycles. The van der Waals surface area contributed by atoms with Gasteiger partial charge in [-0.15, -0.1) is 0 Å². The van der Waals surface area contributed by atoms with Crippen LogP contribution in [0.1, 0.15) is 35.6 Å². The summed E-state index contributed by atoms with van der Waals surface area (Å²) in [5, 5.41) is 9.08. The third-order valence-electron chi connectivity index (χ3n) is 6.07. The second-order valence-electron chi connectivity index (χ2n) is 8.05. The number of hydrogen-bond acceptors (Lipinski definition) is 6. The molecule has 0 saturated carbocycles. The van der Waals surface area contributed by atoms with Gasteiger partial charge in [-0.3, -0.25) is 9.58 Å². The number of nitrogens with zero attached hydrogens (tertiary/aromatic N) is 8. The van der Waals surface area contributed by atoms with Gasteiger partial charge in [0, 0.05) is 58.2 Å². The average Bonchev–Trinajstić information content (AvgIpc) is 3.37. The Morgan fingerprint density at radius 2 is 1.79 bits per heavy atom. The molecule has 0 unspecified atom stereocenters. The highest BCUT2D eigenvalue weighted by molar-refractivity contribution is 5.44. The summed E-state index contributed by atoms with van der Waals surface area (Å²) in [6.07, 6.45) is 8.59. The molecule has 8 nitrogen and oxygen atoms in total. The summed E-state index contributed by atoms with van der Waals surface area (Å²) in [5.74, 6) is 2.58. The maximum Gasteiger partial charge on any atom is 0.159 e. The van der Waals surface area contributed by atoms with E-state index in [-0.39, 0.29) is 0 Å². The van der Waals surface area contributed by atoms with E-state index in [1.54, 1.807) is 10.9 Å². The van der Waals surface area contributed by atoms with Crippen LogP contribution in [0.3, 0.4) is 0 Å². The highest BCUT2D eigenvalue weighted by atomic mass is 15.3. The zero-order chi connectivity index (χ0) is 19.8. The first-order valence-corrected chi connectivity index (χ1v) is 10.5. The molecule has 4 heterocycles. The van der Waals surface area contributed by atoms with Gasteiger partial charge in [-0.25, -0.2) is 14.6 Å². The molecule has 0 atom stereocenters. The van der Waals surface area contributed by atoms with Crippen LogP contribution in [-0.4, -0.2) is 60.6 Å². The fraction of sp³-hybridized carbons (Fsp3) is 0.524. The third kappa shape index (κ3) is 3.64. The molecule has 1 aliphatic carbocycles. The zero-order valence-electron chi connectivity index (χ0n) is 17.3. The van der Waals surface area contributed by atoms with Crippen molar-refractivity contribution in [3.63, 3.8) is 0 Å². The summed E-state index contributed by atoms with van der Waals surface area (Å²) in [5.41, 5.74) is 4.25. The predicted molar refractivity (Wildman–Crippen MR) is 111 cm³/mol. The molecule has 0 radical (unpaired) electrons. The van der Waals surface area contributed by atoms with Crippen molar-refractivity contribution in [1.29, 1.82) is 0 Å².